The Balaban J connectivity index is 1.67. The number of benzene rings is 2. The predicted octanol–water partition coefficient (Wildman–Crippen LogP) is 2.41. The first kappa shape index (κ1) is 17.3. The van der Waals surface area contributed by atoms with E-state index in [0.29, 0.717) is 5.69 Å². The fourth-order valence-corrected chi connectivity index (χ4v) is 3.33. The van der Waals surface area contributed by atoms with Crippen molar-refractivity contribution in [3.05, 3.63) is 78.1 Å². The van der Waals surface area contributed by atoms with Crippen LogP contribution in [0.1, 0.15) is 11.3 Å². The van der Waals surface area contributed by atoms with E-state index >= 15 is 0 Å². The SMILES string of the molecule is Cc1ccc(S(=O)(=O)OC(N)Cc2ccn(-c3ccccc3)n2)cc1. The summed E-state index contributed by atoms with van der Waals surface area (Å²) < 4.78 is 31.3. The summed E-state index contributed by atoms with van der Waals surface area (Å²) in [5.41, 5.74) is 8.38. The number of aryl methyl sites for hydroxylation is 1. The van der Waals surface area contributed by atoms with Gasteiger partial charge in [-0.2, -0.15) is 13.5 Å². The molecule has 1 aromatic heterocycles. The predicted molar refractivity (Wildman–Crippen MR) is 94.7 cm³/mol. The van der Waals surface area contributed by atoms with Crippen LogP contribution in [-0.2, 0) is 20.7 Å². The van der Waals surface area contributed by atoms with E-state index in [2.05, 4.69) is 5.10 Å². The molecule has 0 spiro atoms. The molecule has 3 rings (SSSR count). The molecule has 0 saturated heterocycles. The fraction of sp³-hybridized carbons (Fsp3) is 0.167. The molecule has 130 valence electrons. The average Bonchev–Trinajstić information content (AvgIpc) is 3.04. The zero-order chi connectivity index (χ0) is 17.9. The minimum atomic E-state index is -3.90. The van der Waals surface area contributed by atoms with Crippen LogP contribution in [-0.4, -0.2) is 24.4 Å². The molecule has 0 aliphatic rings. The quantitative estimate of drug-likeness (QED) is 0.541. The number of para-hydroxylation sites is 1. The molecule has 1 heterocycles. The zero-order valence-corrected chi connectivity index (χ0v) is 14.6. The van der Waals surface area contributed by atoms with Crippen molar-refractivity contribution in [3.63, 3.8) is 0 Å². The molecule has 2 aromatic carbocycles. The molecule has 0 aliphatic carbocycles. The molecular formula is C18H19N3O3S. The number of hydrogen-bond acceptors (Lipinski definition) is 5. The maximum Gasteiger partial charge on any atom is 0.298 e. The van der Waals surface area contributed by atoms with Gasteiger partial charge in [0.2, 0.25) is 0 Å². The van der Waals surface area contributed by atoms with Crippen molar-refractivity contribution in [2.45, 2.75) is 24.5 Å². The van der Waals surface area contributed by atoms with Crippen molar-refractivity contribution in [3.8, 4) is 5.69 Å². The van der Waals surface area contributed by atoms with Crippen molar-refractivity contribution >= 4 is 10.1 Å². The number of rotatable bonds is 6. The minimum Gasteiger partial charge on any atom is -0.305 e. The van der Waals surface area contributed by atoms with E-state index in [1.807, 2.05) is 37.3 Å². The van der Waals surface area contributed by atoms with Crippen LogP contribution in [0.3, 0.4) is 0 Å². The Bertz CT molecular complexity index is 935. The van der Waals surface area contributed by atoms with Crippen molar-refractivity contribution in [1.29, 1.82) is 0 Å². The van der Waals surface area contributed by atoms with E-state index in [4.69, 9.17) is 9.92 Å². The molecule has 0 saturated carbocycles. The molecule has 0 radical (unpaired) electrons. The lowest BCUT2D eigenvalue weighted by molar-refractivity contribution is 0.216. The molecule has 25 heavy (non-hydrogen) atoms. The van der Waals surface area contributed by atoms with Crippen LogP contribution in [0.4, 0.5) is 0 Å². The number of hydrogen-bond donors (Lipinski definition) is 1. The monoisotopic (exact) mass is 357 g/mol. The second-order valence-electron chi connectivity index (χ2n) is 5.69. The first-order chi connectivity index (χ1) is 11.9. The van der Waals surface area contributed by atoms with Gasteiger partial charge in [-0.1, -0.05) is 35.9 Å². The second kappa shape index (κ2) is 7.18. The lowest BCUT2D eigenvalue weighted by atomic mass is 10.2. The van der Waals surface area contributed by atoms with Gasteiger partial charge in [-0.3, -0.25) is 0 Å². The largest absolute Gasteiger partial charge is 0.305 e. The van der Waals surface area contributed by atoms with E-state index in [-0.39, 0.29) is 11.3 Å². The van der Waals surface area contributed by atoms with Gasteiger partial charge < -0.3 is 5.73 Å². The normalized spacial score (nSPS) is 12.9. The van der Waals surface area contributed by atoms with Crippen LogP contribution in [0, 0.1) is 6.92 Å². The third-order valence-corrected chi connectivity index (χ3v) is 4.99. The Labute approximate surface area is 147 Å². The lowest BCUT2D eigenvalue weighted by Gasteiger charge is -2.12. The van der Waals surface area contributed by atoms with Gasteiger partial charge in [0.05, 0.1) is 16.3 Å². The highest BCUT2D eigenvalue weighted by atomic mass is 32.2. The Morgan fingerprint density at radius 2 is 1.76 bits per heavy atom. The van der Waals surface area contributed by atoms with Crippen LogP contribution in [0.5, 0.6) is 0 Å². The zero-order valence-electron chi connectivity index (χ0n) is 13.7. The highest BCUT2D eigenvalue weighted by Crippen LogP contribution is 2.15. The fourth-order valence-electron chi connectivity index (χ4n) is 2.36. The molecule has 1 unspecified atom stereocenters. The highest BCUT2D eigenvalue weighted by molar-refractivity contribution is 7.86. The smallest absolute Gasteiger partial charge is 0.298 e. The Morgan fingerprint density at radius 1 is 1.08 bits per heavy atom. The molecule has 7 heteroatoms. The van der Waals surface area contributed by atoms with Crippen LogP contribution in [0.15, 0.2) is 71.8 Å². The van der Waals surface area contributed by atoms with E-state index in [1.165, 1.54) is 12.1 Å². The maximum absolute atomic E-state index is 12.2. The standard InChI is InChI=1S/C18H19N3O3S/c1-14-7-9-17(10-8-14)25(22,23)24-18(19)13-15-11-12-21(20-15)16-5-3-2-4-6-16/h2-12,18H,13,19H2,1H3. The van der Waals surface area contributed by atoms with E-state index in [1.54, 1.807) is 29.1 Å². The summed E-state index contributed by atoms with van der Waals surface area (Å²) in [4.78, 5) is 0.0864. The molecule has 0 amide bonds. The molecule has 2 N–H and O–H groups in total. The third-order valence-electron chi connectivity index (χ3n) is 3.64. The van der Waals surface area contributed by atoms with Gasteiger partial charge in [0.25, 0.3) is 10.1 Å². The Hall–Kier alpha value is -2.48. The summed E-state index contributed by atoms with van der Waals surface area (Å²) in [7, 11) is -3.90. The van der Waals surface area contributed by atoms with E-state index < -0.39 is 16.3 Å². The van der Waals surface area contributed by atoms with E-state index in [9.17, 15) is 8.42 Å². The number of aromatic nitrogens is 2. The van der Waals surface area contributed by atoms with Gasteiger partial charge in [-0.15, -0.1) is 0 Å². The van der Waals surface area contributed by atoms with Crippen molar-refractivity contribution in [2.24, 2.45) is 5.73 Å². The summed E-state index contributed by atoms with van der Waals surface area (Å²) in [6, 6.07) is 17.8. The average molecular weight is 357 g/mol. The molecule has 3 aromatic rings. The van der Waals surface area contributed by atoms with Crippen molar-refractivity contribution < 1.29 is 12.6 Å². The minimum absolute atomic E-state index is 0.0864. The summed E-state index contributed by atoms with van der Waals surface area (Å²) in [5, 5.41) is 4.40. The van der Waals surface area contributed by atoms with Gasteiger partial charge in [-0.05, 0) is 37.3 Å². The lowest BCUT2D eigenvalue weighted by Crippen LogP contribution is -2.29. The third kappa shape index (κ3) is 4.33. The molecule has 6 nitrogen and oxygen atoms in total. The van der Waals surface area contributed by atoms with Gasteiger partial charge >= 0.3 is 0 Å². The van der Waals surface area contributed by atoms with Gasteiger partial charge in [-0.25, -0.2) is 8.86 Å². The van der Waals surface area contributed by atoms with Crippen LogP contribution >= 0.6 is 0 Å². The Kier molecular flexibility index (Phi) is 4.98. The molecular weight excluding hydrogens is 338 g/mol. The van der Waals surface area contributed by atoms with Crippen molar-refractivity contribution in [2.75, 3.05) is 0 Å². The van der Waals surface area contributed by atoms with Crippen molar-refractivity contribution in [1.82, 2.24) is 9.78 Å². The second-order valence-corrected chi connectivity index (χ2v) is 7.27. The maximum atomic E-state index is 12.2. The Morgan fingerprint density at radius 3 is 2.44 bits per heavy atom. The van der Waals surface area contributed by atoms with Gasteiger partial charge in [0, 0.05) is 12.6 Å². The molecule has 0 aliphatic heterocycles. The van der Waals surface area contributed by atoms with Crippen LogP contribution in [0.2, 0.25) is 0 Å². The summed E-state index contributed by atoms with van der Waals surface area (Å²) >= 11 is 0. The number of nitrogens with two attached hydrogens (primary N) is 1. The molecule has 0 bridgehead atoms. The topological polar surface area (TPSA) is 87.2 Å². The number of nitrogens with zero attached hydrogens (tertiary/aromatic N) is 2. The van der Waals surface area contributed by atoms with Gasteiger partial charge in [0.15, 0.2) is 0 Å². The van der Waals surface area contributed by atoms with Crippen LogP contribution < -0.4 is 5.73 Å². The summed E-state index contributed by atoms with van der Waals surface area (Å²) in [6.45, 7) is 1.88. The molecule has 0 fully saturated rings. The van der Waals surface area contributed by atoms with Gasteiger partial charge in [0.1, 0.15) is 6.23 Å². The van der Waals surface area contributed by atoms with E-state index in [0.717, 1.165) is 11.3 Å². The van der Waals surface area contributed by atoms with Crippen LogP contribution in [0.25, 0.3) is 5.69 Å². The first-order valence-electron chi connectivity index (χ1n) is 7.79. The summed E-state index contributed by atoms with van der Waals surface area (Å²) in [5.74, 6) is 0. The molecule has 1 atom stereocenters. The summed E-state index contributed by atoms with van der Waals surface area (Å²) in [6.07, 6.45) is 0.974. The highest BCUT2D eigenvalue weighted by Gasteiger charge is 2.20. The first-order valence-corrected chi connectivity index (χ1v) is 9.20.